The van der Waals surface area contributed by atoms with Crippen LogP contribution in [0.4, 0.5) is 11.4 Å². The van der Waals surface area contributed by atoms with Crippen LogP contribution in [0, 0.1) is 19.6 Å². The van der Waals surface area contributed by atoms with Gasteiger partial charge < -0.3 is 10.0 Å². The van der Waals surface area contributed by atoms with Gasteiger partial charge in [0.25, 0.3) is 5.69 Å². The first kappa shape index (κ1) is 13.5. The Hall–Kier alpha value is -0.890. The smallest absolute Gasteiger partial charge is 0.282 e. The summed E-state index contributed by atoms with van der Waals surface area (Å²) in [5, 5.41) is 20.5. The van der Waals surface area contributed by atoms with Gasteiger partial charge in [0.05, 0.1) is 14.6 Å². The van der Waals surface area contributed by atoms with Crippen LogP contribution in [-0.4, -0.2) is 29.2 Å². The molecule has 0 saturated carbocycles. The highest BCUT2D eigenvalue weighted by atomic mass is 127. The number of halogens is 1. The van der Waals surface area contributed by atoms with Gasteiger partial charge in [-0.1, -0.05) is 6.92 Å². The number of rotatable bonds is 2. The van der Waals surface area contributed by atoms with Crippen LogP contribution in [0.5, 0.6) is 0 Å². The molecule has 1 saturated heterocycles. The van der Waals surface area contributed by atoms with Crippen molar-refractivity contribution in [2.45, 2.75) is 19.4 Å². The van der Waals surface area contributed by atoms with Crippen molar-refractivity contribution in [3.8, 4) is 0 Å². The highest BCUT2D eigenvalue weighted by Gasteiger charge is 2.25. The Kier molecular flexibility index (Phi) is 4.06. The summed E-state index contributed by atoms with van der Waals surface area (Å²) in [6.45, 7) is 3.60. The van der Waals surface area contributed by atoms with Gasteiger partial charge in [0.1, 0.15) is 0 Å². The van der Waals surface area contributed by atoms with E-state index in [-0.39, 0.29) is 22.6 Å². The van der Waals surface area contributed by atoms with E-state index in [0.29, 0.717) is 3.57 Å². The molecule has 2 atom stereocenters. The van der Waals surface area contributed by atoms with E-state index in [0.717, 1.165) is 25.2 Å². The minimum absolute atomic E-state index is 0.143. The summed E-state index contributed by atoms with van der Waals surface area (Å²) in [6.07, 6.45) is 0.507. The normalized spacial score (nSPS) is 24.1. The van der Waals surface area contributed by atoms with Crippen molar-refractivity contribution in [1.82, 2.24) is 0 Å². The third-order valence-electron chi connectivity index (χ3n) is 3.35. The molecule has 0 amide bonds. The van der Waals surface area contributed by atoms with E-state index in [4.69, 9.17) is 0 Å². The van der Waals surface area contributed by atoms with E-state index < -0.39 is 0 Å². The number of nitro benzene ring substituents is 1. The second-order valence-electron chi connectivity index (χ2n) is 4.67. The quantitative estimate of drug-likeness (QED) is 0.499. The van der Waals surface area contributed by atoms with Crippen molar-refractivity contribution in [1.29, 1.82) is 0 Å². The van der Waals surface area contributed by atoms with Crippen LogP contribution in [0.1, 0.15) is 13.3 Å². The monoisotopic (exact) mass is 362 g/mol. The van der Waals surface area contributed by atoms with Crippen molar-refractivity contribution < 1.29 is 10.0 Å². The molecule has 1 aliphatic heterocycles. The lowest BCUT2D eigenvalue weighted by Crippen LogP contribution is -2.41. The van der Waals surface area contributed by atoms with Crippen LogP contribution in [0.3, 0.4) is 0 Å². The van der Waals surface area contributed by atoms with Crippen molar-refractivity contribution in [3.05, 3.63) is 31.9 Å². The van der Waals surface area contributed by atoms with Gasteiger partial charge >= 0.3 is 0 Å². The third kappa shape index (κ3) is 2.74. The topological polar surface area (TPSA) is 66.6 Å². The molecule has 0 spiro atoms. The molecule has 1 aliphatic rings. The zero-order valence-corrected chi connectivity index (χ0v) is 12.2. The summed E-state index contributed by atoms with van der Waals surface area (Å²) in [6, 6.07) is 5.17. The Morgan fingerprint density at radius 3 is 2.83 bits per heavy atom. The molecule has 1 aromatic rings. The summed E-state index contributed by atoms with van der Waals surface area (Å²) < 4.78 is 0.647. The summed E-state index contributed by atoms with van der Waals surface area (Å²) in [5.74, 6) is 0.228. The van der Waals surface area contributed by atoms with Gasteiger partial charge in [-0.3, -0.25) is 10.1 Å². The fourth-order valence-corrected chi connectivity index (χ4v) is 2.90. The van der Waals surface area contributed by atoms with Gasteiger partial charge in [-0.2, -0.15) is 0 Å². The van der Waals surface area contributed by atoms with E-state index in [9.17, 15) is 15.2 Å². The fourth-order valence-electron chi connectivity index (χ4n) is 2.21. The third-order valence-corrected chi connectivity index (χ3v) is 4.22. The first-order valence-electron chi connectivity index (χ1n) is 5.86. The first-order chi connectivity index (χ1) is 8.49. The Bertz CT molecular complexity index is 467. The molecule has 98 valence electrons. The maximum absolute atomic E-state index is 10.8. The molecule has 1 aromatic carbocycles. The standard InChI is InChI=1S/C12H15IN2O3/c1-8-7-14(5-4-12(8)16)9-2-3-11(15(17)18)10(13)6-9/h2-3,6,8,12,16H,4-5,7H2,1H3. The fraction of sp³-hybridized carbons (Fsp3) is 0.500. The summed E-state index contributed by atoms with van der Waals surface area (Å²) in [5.41, 5.74) is 1.13. The molecule has 1 fully saturated rings. The molecule has 2 rings (SSSR count). The largest absolute Gasteiger partial charge is 0.393 e. The van der Waals surface area contributed by atoms with Crippen LogP contribution in [0.15, 0.2) is 18.2 Å². The van der Waals surface area contributed by atoms with Gasteiger partial charge in [-0.15, -0.1) is 0 Å². The van der Waals surface area contributed by atoms with Gasteiger partial charge in [-0.05, 0) is 47.1 Å². The van der Waals surface area contributed by atoms with Crippen molar-refractivity contribution in [2.24, 2.45) is 5.92 Å². The van der Waals surface area contributed by atoms with Crippen LogP contribution in [-0.2, 0) is 0 Å². The second-order valence-corrected chi connectivity index (χ2v) is 5.83. The van der Waals surface area contributed by atoms with Gasteiger partial charge in [0.15, 0.2) is 0 Å². The van der Waals surface area contributed by atoms with Crippen LogP contribution < -0.4 is 4.90 Å². The molecular weight excluding hydrogens is 347 g/mol. The average Bonchev–Trinajstić information content (AvgIpc) is 2.32. The van der Waals surface area contributed by atoms with E-state index >= 15 is 0 Å². The molecule has 1 heterocycles. The minimum Gasteiger partial charge on any atom is -0.393 e. The summed E-state index contributed by atoms with van der Waals surface area (Å²) >= 11 is 1.99. The average molecular weight is 362 g/mol. The number of hydrogen-bond donors (Lipinski definition) is 1. The molecule has 0 aliphatic carbocycles. The molecule has 5 nitrogen and oxygen atoms in total. The molecule has 2 unspecified atom stereocenters. The number of benzene rings is 1. The Morgan fingerprint density at radius 2 is 2.28 bits per heavy atom. The predicted octanol–water partition coefficient (Wildman–Crippen LogP) is 2.41. The lowest BCUT2D eigenvalue weighted by Gasteiger charge is -2.36. The molecule has 18 heavy (non-hydrogen) atoms. The second kappa shape index (κ2) is 5.40. The molecule has 1 N–H and O–H groups in total. The van der Waals surface area contributed by atoms with E-state index in [1.54, 1.807) is 12.1 Å². The number of piperidine rings is 1. The maximum atomic E-state index is 10.8. The Balaban J connectivity index is 2.19. The molecule has 0 aromatic heterocycles. The number of nitrogens with zero attached hydrogens (tertiary/aromatic N) is 2. The summed E-state index contributed by atoms with van der Waals surface area (Å²) in [7, 11) is 0. The van der Waals surface area contributed by atoms with Crippen LogP contribution >= 0.6 is 22.6 Å². The van der Waals surface area contributed by atoms with Crippen molar-refractivity contribution >= 4 is 34.0 Å². The highest BCUT2D eigenvalue weighted by molar-refractivity contribution is 14.1. The number of hydrogen-bond acceptors (Lipinski definition) is 4. The van der Waals surface area contributed by atoms with E-state index in [1.807, 2.05) is 35.6 Å². The Morgan fingerprint density at radius 1 is 1.56 bits per heavy atom. The molecular formula is C12H15IN2O3. The highest BCUT2D eigenvalue weighted by Crippen LogP contribution is 2.29. The van der Waals surface area contributed by atoms with Crippen molar-refractivity contribution in [3.63, 3.8) is 0 Å². The SMILES string of the molecule is CC1CN(c2ccc([N+](=O)[O-])c(I)c2)CCC1O. The number of nitro groups is 1. The zero-order valence-electron chi connectivity index (χ0n) is 10.0. The lowest BCUT2D eigenvalue weighted by atomic mass is 9.96. The number of aliphatic hydroxyl groups is 1. The number of aliphatic hydroxyl groups excluding tert-OH is 1. The first-order valence-corrected chi connectivity index (χ1v) is 6.94. The van der Waals surface area contributed by atoms with Crippen molar-refractivity contribution in [2.75, 3.05) is 18.0 Å². The molecule has 0 bridgehead atoms. The summed E-state index contributed by atoms with van der Waals surface area (Å²) in [4.78, 5) is 12.6. The van der Waals surface area contributed by atoms with E-state index in [2.05, 4.69) is 4.90 Å². The van der Waals surface area contributed by atoms with Gasteiger partial charge in [0, 0.05) is 24.8 Å². The Labute approximate surface area is 119 Å². The maximum Gasteiger partial charge on any atom is 0.282 e. The zero-order chi connectivity index (χ0) is 13.3. The van der Waals surface area contributed by atoms with E-state index in [1.165, 1.54) is 0 Å². The minimum atomic E-state index is -0.367. The van der Waals surface area contributed by atoms with Crippen LogP contribution in [0.2, 0.25) is 0 Å². The predicted molar refractivity (Wildman–Crippen MR) is 77.8 cm³/mol. The number of anilines is 1. The van der Waals surface area contributed by atoms with Gasteiger partial charge in [0.2, 0.25) is 0 Å². The molecule has 0 radical (unpaired) electrons. The molecule has 6 heteroatoms. The van der Waals surface area contributed by atoms with Crippen LogP contribution in [0.25, 0.3) is 0 Å². The van der Waals surface area contributed by atoms with Gasteiger partial charge in [-0.25, -0.2) is 0 Å². The lowest BCUT2D eigenvalue weighted by molar-refractivity contribution is -0.385.